The average Bonchev–Trinajstić information content (AvgIpc) is 3.23. The fraction of sp³-hybridized carbons (Fsp3) is 0.478. The van der Waals surface area contributed by atoms with E-state index in [1.54, 1.807) is 23.4 Å². The lowest BCUT2D eigenvalue weighted by atomic mass is 10.1. The Balaban J connectivity index is 1.25. The summed E-state index contributed by atoms with van der Waals surface area (Å²) in [6.07, 6.45) is 3.44. The molecular formula is C23H30N6O4S. The number of hydrogen-bond acceptors (Lipinski definition) is 7. The molecule has 1 atom stereocenters. The summed E-state index contributed by atoms with van der Waals surface area (Å²) in [7, 11) is -3.51. The van der Waals surface area contributed by atoms with Crippen molar-refractivity contribution in [2.24, 2.45) is 5.92 Å². The Bertz CT molecular complexity index is 1150. The van der Waals surface area contributed by atoms with E-state index in [4.69, 9.17) is 0 Å². The van der Waals surface area contributed by atoms with Gasteiger partial charge in [0.1, 0.15) is 0 Å². The van der Waals surface area contributed by atoms with Crippen LogP contribution in [0.4, 0.5) is 11.6 Å². The Kier molecular flexibility index (Phi) is 7.13. The van der Waals surface area contributed by atoms with Crippen LogP contribution in [-0.4, -0.2) is 79.5 Å². The molecule has 1 N–H and O–H groups in total. The van der Waals surface area contributed by atoms with Gasteiger partial charge in [0.05, 0.1) is 11.7 Å². The van der Waals surface area contributed by atoms with E-state index in [2.05, 4.69) is 15.3 Å². The molecule has 2 saturated heterocycles. The zero-order valence-electron chi connectivity index (χ0n) is 19.5. The first kappa shape index (κ1) is 24.1. The van der Waals surface area contributed by atoms with Crippen molar-refractivity contribution < 1.29 is 18.0 Å². The Morgan fingerprint density at radius 1 is 1.09 bits per heavy atom. The summed E-state index contributed by atoms with van der Waals surface area (Å²) in [5.74, 6) is -0.474. The van der Waals surface area contributed by atoms with Crippen molar-refractivity contribution in [3.63, 3.8) is 0 Å². The third kappa shape index (κ3) is 5.36. The van der Waals surface area contributed by atoms with Crippen molar-refractivity contribution in [1.29, 1.82) is 0 Å². The zero-order chi connectivity index (χ0) is 24.3. The van der Waals surface area contributed by atoms with Crippen LogP contribution in [0.25, 0.3) is 0 Å². The zero-order valence-corrected chi connectivity index (χ0v) is 20.3. The molecule has 1 aromatic heterocycles. The molecule has 0 radical (unpaired) electrons. The lowest BCUT2D eigenvalue weighted by molar-refractivity contribution is -0.126. The summed E-state index contributed by atoms with van der Waals surface area (Å²) in [5.41, 5.74) is 3.01. The molecule has 11 heteroatoms. The van der Waals surface area contributed by atoms with Crippen LogP contribution in [0.3, 0.4) is 0 Å². The Hall–Kier alpha value is -3.05. The van der Waals surface area contributed by atoms with Gasteiger partial charge in [0.2, 0.25) is 27.8 Å². The summed E-state index contributed by atoms with van der Waals surface area (Å²) in [5, 5.41) is 2.71. The molecule has 1 aromatic carbocycles. The second-order valence-corrected chi connectivity index (χ2v) is 10.8. The van der Waals surface area contributed by atoms with E-state index < -0.39 is 15.9 Å². The number of sulfonamides is 1. The first-order valence-corrected chi connectivity index (χ1v) is 13.0. The molecule has 2 aliphatic heterocycles. The van der Waals surface area contributed by atoms with Crippen molar-refractivity contribution in [3.8, 4) is 0 Å². The van der Waals surface area contributed by atoms with Crippen LogP contribution >= 0.6 is 0 Å². The number of anilines is 2. The SMILES string of the molecule is Cc1ccc(N2CC(C(=O)NCCS(=O)(=O)N3CCN(c4ncccn4)CC3)CC2=O)cc1C. The maximum atomic E-state index is 12.7. The van der Waals surface area contributed by atoms with Gasteiger partial charge in [0.15, 0.2) is 0 Å². The molecule has 2 aromatic rings. The van der Waals surface area contributed by atoms with Gasteiger partial charge >= 0.3 is 0 Å². The number of aryl methyl sites for hydroxylation is 2. The van der Waals surface area contributed by atoms with E-state index in [0.29, 0.717) is 38.7 Å². The number of benzene rings is 1. The van der Waals surface area contributed by atoms with Gasteiger partial charge in [-0.2, -0.15) is 4.31 Å². The molecule has 4 rings (SSSR count). The molecule has 0 aliphatic carbocycles. The predicted octanol–water partition coefficient (Wildman–Crippen LogP) is 0.715. The lowest BCUT2D eigenvalue weighted by Crippen LogP contribution is -2.50. The summed E-state index contributed by atoms with van der Waals surface area (Å²) >= 11 is 0. The average molecular weight is 487 g/mol. The largest absolute Gasteiger partial charge is 0.355 e. The maximum Gasteiger partial charge on any atom is 0.227 e. The molecule has 0 bridgehead atoms. The summed E-state index contributed by atoms with van der Waals surface area (Å²) in [6, 6.07) is 7.53. The maximum absolute atomic E-state index is 12.7. The quantitative estimate of drug-likeness (QED) is 0.613. The Labute approximate surface area is 200 Å². The number of amides is 2. The van der Waals surface area contributed by atoms with E-state index in [1.807, 2.05) is 36.9 Å². The smallest absolute Gasteiger partial charge is 0.227 e. The highest BCUT2D eigenvalue weighted by atomic mass is 32.2. The topological polar surface area (TPSA) is 116 Å². The van der Waals surface area contributed by atoms with Gasteiger partial charge in [0, 0.05) is 63.8 Å². The number of nitrogens with zero attached hydrogens (tertiary/aromatic N) is 5. The first-order chi connectivity index (χ1) is 16.2. The van der Waals surface area contributed by atoms with Crippen LogP contribution in [0.1, 0.15) is 17.5 Å². The van der Waals surface area contributed by atoms with Crippen LogP contribution in [0.5, 0.6) is 0 Å². The number of carbonyl (C=O) groups excluding carboxylic acids is 2. The highest BCUT2D eigenvalue weighted by Crippen LogP contribution is 2.27. The number of piperazine rings is 1. The highest BCUT2D eigenvalue weighted by Gasteiger charge is 2.35. The van der Waals surface area contributed by atoms with Crippen LogP contribution in [-0.2, 0) is 19.6 Å². The van der Waals surface area contributed by atoms with Crippen LogP contribution in [0.2, 0.25) is 0 Å². The number of aromatic nitrogens is 2. The highest BCUT2D eigenvalue weighted by molar-refractivity contribution is 7.89. The number of carbonyl (C=O) groups is 2. The van der Waals surface area contributed by atoms with Gasteiger partial charge in [0.25, 0.3) is 0 Å². The molecule has 10 nitrogen and oxygen atoms in total. The molecule has 0 saturated carbocycles. The Morgan fingerprint density at radius 2 is 1.79 bits per heavy atom. The molecule has 2 amide bonds. The van der Waals surface area contributed by atoms with Gasteiger partial charge in [-0.05, 0) is 43.2 Å². The summed E-state index contributed by atoms with van der Waals surface area (Å²) in [6.45, 7) is 6.00. The van der Waals surface area contributed by atoms with E-state index >= 15 is 0 Å². The third-order valence-corrected chi connectivity index (χ3v) is 8.30. The Morgan fingerprint density at radius 3 is 2.47 bits per heavy atom. The van der Waals surface area contributed by atoms with Crippen LogP contribution in [0.15, 0.2) is 36.7 Å². The molecule has 0 spiro atoms. The van der Waals surface area contributed by atoms with Gasteiger partial charge in [-0.3, -0.25) is 9.59 Å². The molecular weight excluding hydrogens is 456 g/mol. The normalized spacial score (nSPS) is 19.5. The second-order valence-electron chi connectivity index (χ2n) is 8.72. The molecule has 2 aliphatic rings. The number of nitrogens with one attached hydrogen (secondary N) is 1. The molecule has 34 heavy (non-hydrogen) atoms. The standard InChI is InChI=1S/C23H30N6O4S/c1-17-4-5-20(14-18(17)2)29-16-19(15-21(29)30)22(31)24-8-13-34(32,33)28-11-9-27(10-12-28)23-25-6-3-7-26-23/h3-7,14,19H,8-13,15-16H2,1-2H3,(H,24,31). The van der Waals surface area contributed by atoms with Crippen molar-refractivity contribution in [3.05, 3.63) is 47.8 Å². The molecule has 182 valence electrons. The lowest BCUT2D eigenvalue weighted by Gasteiger charge is -2.33. The van der Waals surface area contributed by atoms with Crippen molar-refractivity contribution >= 4 is 33.5 Å². The first-order valence-electron chi connectivity index (χ1n) is 11.4. The summed E-state index contributed by atoms with van der Waals surface area (Å²) in [4.78, 5) is 37.1. The summed E-state index contributed by atoms with van der Waals surface area (Å²) < 4.78 is 26.9. The predicted molar refractivity (Wildman–Crippen MR) is 129 cm³/mol. The fourth-order valence-corrected chi connectivity index (χ4v) is 5.56. The second kappa shape index (κ2) is 10.1. The van der Waals surface area contributed by atoms with Crippen LogP contribution < -0.4 is 15.1 Å². The third-order valence-electron chi connectivity index (χ3n) is 6.42. The number of rotatable bonds is 7. The monoisotopic (exact) mass is 486 g/mol. The van der Waals surface area contributed by atoms with Crippen molar-refractivity contribution in [2.75, 3.05) is 54.8 Å². The van der Waals surface area contributed by atoms with E-state index in [9.17, 15) is 18.0 Å². The van der Waals surface area contributed by atoms with Gasteiger partial charge in [-0.1, -0.05) is 6.07 Å². The minimum Gasteiger partial charge on any atom is -0.355 e. The van der Waals surface area contributed by atoms with E-state index in [0.717, 1.165) is 16.8 Å². The minimum atomic E-state index is -3.51. The minimum absolute atomic E-state index is 0.0114. The van der Waals surface area contributed by atoms with Gasteiger partial charge < -0.3 is 15.1 Å². The number of hydrogen-bond donors (Lipinski definition) is 1. The molecule has 2 fully saturated rings. The van der Waals surface area contributed by atoms with Gasteiger partial charge in [-0.15, -0.1) is 0 Å². The van der Waals surface area contributed by atoms with Gasteiger partial charge in [-0.25, -0.2) is 18.4 Å². The van der Waals surface area contributed by atoms with Crippen LogP contribution in [0, 0.1) is 19.8 Å². The fourth-order valence-electron chi connectivity index (χ4n) is 4.22. The van der Waals surface area contributed by atoms with E-state index in [-0.39, 0.29) is 30.5 Å². The molecule has 1 unspecified atom stereocenters. The van der Waals surface area contributed by atoms with Crippen molar-refractivity contribution in [2.45, 2.75) is 20.3 Å². The molecule has 3 heterocycles. The van der Waals surface area contributed by atoms with Crippen molar-refractivity contribution in [1.82, 2.24) is 19.6 Å². The van der Waals surface area contributed by atoms with E-state index in [1.165, 1.54) is 4.31 Å².